The van der Waals surface area contributed by atoms with Gasteiger partial charge in [-0.1, -0.05) is 23.7 Å². The molecule has 180 valence electrons. The van der Waals surface area contributed by atoms with Gasteiger partial charge >= 0.3 is 0 Å². The number of nitrogens with one attached hydrogen (secondary N) is 1. The molecule has 35 heavy (non-hydrogen) atoms. The minimum Gasteiger partial charge on any atom is -0.471 e. The molecular weight excluding hydrogens is 476 g/mol. The Hall–Kier alpha value is -3.32. The quantitative estimate of drug-likeness (QED) is 0.535. The number of nitriles is 1. The molecule has 0 amide bonds. The van der Waals surface area contributed by atoms with Gasteiger partial charge in [0.25, 0.3) is 5.88 Å². The van der Waals surface area contributed by atoms with Crippen molar-refractivity contribution in [2.75, 3.05) is 31.6 Å². The molecule has 10 heteroatoms. The summed E-state index contributed by atoms with van der Waals surface area (Å²) in [5, 5.41) is 12.1. The number of benzene rings is 2. The van der Waals surface area contributed by atoms with Crippen molar-refractivity contribution in [3.05, 3.63) is 76.6 Å². The van der Waals surface area contributed by atoms with Crippen LogP contribution in [-0.4, -0.2) is 47.3 Å². The number of hydrogen-bond donors (Lipinski definition) is 1. The Labute approximate surface area is 206 Å². The fourth-order valence-electron chi connectivity index (χ4n) is 4.63. The normalized spacial score (nSPS) is 21.8. The van der Waals surface area contributed by atoms with Crippen molar-refractivity contribution < 1.29 is 18.3 Å². The van der Waals surface area contributed by atoms with E-state index in [2.05, 4.69) is 20.2 Å². The predicted molar refractivity (Wildman–Crippen MR) is 125 cm³/mol. The molecule has 0 spiro atoms. The van der Waals surface area contributed by atoms with Crippen LogP contribution in [0.2, 0.25) is 5.02 Å². The molecule has 5 rings (SSSR count). The largest absolute Gasteiger partial charge is 0.471 e. The topological polar surface area (TPSA) is 83.3 Å². The van der Waals surface area contributed by atoms with Gasteiger partial charge in [0.2, 0.25) is 5.82 Å². The minimum atomic E-state index is -0.722. The average Bonchev–Trinajstić information content (AvgIpc) is 2.84. The molecule has 2 unspecified atom stereocenters. The van der Waals surface area contributed by atoms with E-state index in [-0.39, 0.29) is 40.5 Å². The average molecular weight is 498 g/mol. The zero-order chi connectivity index (χ0) is 24.4. The second-order valence-corrected chi connectivity index (χ2v) is 9.14. The molecule has 2 fully saturated rings. The van der Waals surface area contributed by atoms with E-state index in [0.717, 1.165) is 5.56 Å². The lowest BCUT2D eigenvalue weighted by atomic mass is 9.84. The summed E-state index contributed by atoms with van der Waals surface area (Å²) in [6.07, 6.45) is 0.970. The molecule has 2 aliphatic heterocycles. The Balaban J connectivity index is 1.29. The van der Waals surface area contributed by atoms with E-state index in [9.17, 15) is 4.39 Å². The molecular formula is C25H22ClF2N5O2. The number of fused-ring (bicyclic) bond motifs is 2. The first kappa shape index (κ1) is 23.4. The van der Waals surface area contributed by atoms with Crippen molar-refractivity contribution in [3.63, 3.8) is 0 Å². The van der Waals surface area contributed by atoms with E-state index in [1.54, 1.807) is 24.3 Å². The maximum absolute atomic E-state index is 15.3. The number of hydrogen-bond acceptors (Lipinski definition) is 7. The SMILES string of the molecule is N#Cc1ccc(Nc2ncnc(OC3C4COCC3CN(Cc3ccc(F)cc3)C4)c2F)c(Cl)c1. The molecule has 2 aromatic carbocycles. The molecule has 7 nitrogen and oxygen atoms in total. The number of halogens is 3. The molecule has 2 aliphatic rings. The van der Waals surface area contributed by atoms with Crippen molar-refractivity contribution in [2.45, 2.75) is 12.6 Å². The predicted octanol–water partition coefficient (Wildman–Crippen LogP) is 4.55. The highest BCUT2D eigenvalue weighted by atomic mass is 35.5. The van der Waals surface area contributed by atoms with Crippen LogP contribution in [0.1, 0.15) is 11.1 Å². The van der Waals surface area contributed by atoms with Gasteiger partial charge in [-0.15, -0.1) is 0 Å². The lowest BCUT2D eigenvalue weighted by molar-refractivity contribution is -0.116. The third kappa shape index (κ3) is 5.20. The van der Waals surface area contributed by atoms with E-state index >= 15 is 4.39 Å². The molecule has 0 saturated carbocycles. The van der Waals surface area contributed by atoms with Crippen molar-refractivity contribution in [1.29, 1.82) is 5.26 Å². The van der Waals surface area contributed by atoms with Gasteiger partial charge in [-0.2, -0.15) is 14.6 Å². The Kier molecular flexibility index (Phi) is 6.77. The van der Waals surface area contributed by atoms with Crippen LogP contribution < -0.4 is 10.1 Å². The summed E-state index contributed by atoms with van der Waals surface area (Å²) < 4.78 is 40.4. The number of ether oxygens (including phenoxy) is 2. The van der Waals surface area contributed by atoms with Crippen LogP contribution in [0.5, 0.6) is 5.88 Å². The van der Waals surface area contributed by atoms with Gasteiger partial charge < -0.3 is 14.8 Å². The molecule has 3 heterocycles. The fourth-order valence-corrected chi connectivity index (χ4v) is 4.86. The Morgan fingerprint density at radius 3 is 2.54 bits per heavy atom. The highest BCUT2D eigenvalue weighted by molar-refractivity contribution is 6.33. The third-order valence-electron chi connectivity index (χ3n) is 6.25. The minimum absolute atomic E-state index is 0.0293. The molecule has 3 aromatic rings. The van der Waals surface area contributed by atoms with Crippen molar-refractivity contribution >= 4 is 23.1 Å². The highest BCUT2D eigenvalue weighted by Gasteiger charge is 2.42. The molecule has 0 radical (unpaired) electrons. The maximum Gasteiger partial charge on any atom is 0.256 e. The van der Waals surface area contributed by atoms with Gasteiger partial charge in [0.15, 0.2) is 5.82 Å². The summed E-state index contributed by atoms with van der Waals surface area (Å²) in [7, 11) is 0. The summed E-state index contributed by atoms with van der Waals surface area (Å²) in [4.78, 5) is 10.3. The second kappa shape index (κ2) is 10.1. The van der Waals surface area contributed by atoms with Crippen LogP contribution in [0.3, 0.4) is 0 Å². The summed E-state index contributed by atoms with van der Waals surface area (Å²) >= 11 is 6.20. The van der Waals surface area contributed by atoms with Crippen LogP contribution in [0, 0.1) is 34.8 Å². The second-order valence-electron chi connectivity index (χ2n) is 8.73. The first-order valence-electron chi connectivity index (χ1n) is 11.2. The summed E-state index contributed by atoms with van der Waals surface area (Å²) in [5.41, 5.74) is 1.84. The molecule has 2 atom stereocenters. The van der Waals surface area contributed by atoms with Crippen LogP contribution in [0.4, 0.5) is 20.3 Å². The highest BCUT2D eigenvalue weighted by Crippen LogP contribution is 2.34. The number of rotatable bonds is 6. The van der Waals surface area contributed by atoms with Crippen molar-refractivity contribution in [3.8, 4) is 11.9 Å². The number of piperidine rings is 1. The third-order valence-corrected chi connectivity index (χ3v) is 6.57. The Morgan fingerprint density at radius 1 is 1.11 bits per heavy atom. The number of aromatic nitrogens is 2. The van der Waals surface area contributed by atoms with Crippen LogP contribution >= 0.6 is 11.6 Å². The van der Waals surface area contributed by atoms with Crippen LogP contribution in [-0.2, 0) is 11.3 Å². The lowest BCUT2D eigenvalue weighted by Gasteiger charge is -2.46. The molecule has 2 bridgehead atoms. The fraction of sp³-hybridized carbons (Fsp3) is 0.320. The first-order chi connectivity index (χ1) is 17.0. The maximum atomic E-state index is 15.3. The molecule has 2 saturated heterocycles. The van der Waals surface area contributed by atoms with Crippen molar-refractivity contribution in [1.82, 2.24) is 14.9 Å². The smallest absolute Gasteiger partial charge is 0.256 e. The zero-order valence-electron chi connectivity index (χ0n) is 18.6. The molecule has 1 aromatic heterocycles. The van der Waals surface area contributed by atoms with E-state index in [4.69, 9.17) is 26.3 Å². The Bertz CT molecular complexity index is 1240. The first-order valence-corrected chi connectivity index (χ1v) is 11.6. The number of likely N-dealkylation sites (tertiary alicyclic amines) is 1. The van der Waals surface area contributed by atoms with E-state index in [1.807, 2.05) is 6.07 Å². The van der Waals surface area contributed by atoms with E-state index < -0.39 is 5.82 Å². The molecule has 1 N–H and O–H groups in total. The van der Waals surface area contributed by atoms with Gasteiger partial charge in [0.1, 0.15) is 18.2 Å². The standard InChI is InChI=1S/C25H22ClF2N5O2/c26-20-7-16(8-29)3-6-21(20)32-24-22(28)25(31-14-30-24)35-23-17-10-33(11-18(23)13-34-12-17)9-15-1-4-19(27)5-2-15/h1-7,14,17-18,23H,9-13H2,(H,30,31,32). The number of nitrogens with zero attached hydrogens (tertiary/aromatic N) is 4. The molecule has 0 aliphatic carbocycles. The van der Waals surface area contributed by atoms with Gasteiger partial charge in [-0.05, 0) is 35.9 Å². The van der Waals surface area contributed by atoms with Crippen molar-refractivity contribution in [2.24, 2.45) is 11.8 Å². The lowest BCUT2D eigenvalue weighted by Crippen LogP contribution is -2.57. The van der Waals surface area contributed by atoms with Gasteiger partial charge in [0, 0.05) is 31.5 Å². The van der Waals surface area contributed by atoms with E-state index in [1.165, 1.54) is 24.5 Å². The van der Waals surface area contributed by atoms with Gasteiger partial charge in [-0.25, -0.2) is 9.37 Å². The van der Waals surface area contributed by atoms with Gasteiger partial charge in [0.05, 0.1) is 35.6 Å². The zero-order valence-corrected chi connectivity index (χ0v) is 19.4. The van der Waals surface area contributed by atoms with Gasteiger partial charge in [-0.3, -0.25) is 4.90 Å². The number of anilines is 2. The van der Waals surface area contributed by atoms with E-state index in [0.29, 0.717) is 44.1 Å². The summed E-state index contributed by atoms with van der Waals surface area (Å²) in [6.45, 7) is 3.11. The van der Waals surface area contributed by atoms with Crippen LogP contribution in [0.25, 0.3) is 0 Å². The summed E-state index contributed by atoms with van der Waals surface area (Å²) in [5.74, 6) is -1.13. The summed E-state index contributed by atoms with van der Waals surface area (Å²) in [6, 6.07) is 13.1. The monoisotopic (exact) mass is 497 g/mol. The Morgan fingerprint density at radius 2 is 1.86 bits per heavy atom. The van der Waals surface area contributed by atoms with Crippen LogP contribution in [0.15, 0.2) is 48.8 Å².